The molecule has 0 unspecified atom stereocenters. The molecule has 2 aromatic rings. The van der Waals surface area contributed by atoms with Crippen LogP contribution in [0.15, 0.2) is 27.4 Å². The molecule has 0 radical (unpaired) electrons. The SMILES string of the molecule is O=c1oc2cc(Cl)ccc2n1CC#CI. The summed E-state index contributed by atoms with van der Waals surface area (Å²) in [6, 6.07) is 5.08. The van der Waals surface area contributed by atoms with Crippen LogP contribution < -0.4 is 5.76 Å². The average molecular weight is 334 g/mol. The van der Waals surface area contributed by atoms with E-state index in [2.05, 4.69) is 9.85 Å². The molecule has 0 aliphatic heterocycles. The van der Waals surface area contributed by atoms with E-state index in [0.717, 1.165) is 0 Å². The maximum absolute atomic E-state index is 11.4. The molecule has 1 heterocycles. The molecule has 3 nitrogen and oxygen atoms in total. The van der Waals surface area contributed by atoms with Crippen molar-refractivity contribution in [2.75, 3.05) is 0 Å². The van der Waals surface area contributed by atoms with E-state index in [-0.39, 0.29) is 0 Å². The molecule has 0 aliphatic rings. The lowest BCUT2D eigenvalue weighted by Crippen LogP contribution is -2.12. The van der Waals surface area contributed by atoms with Crippen molar-refractivity contribution in [3.63, 3.8) is 0 Å². The fourth-order valence-corrected chi connectivity index (χ4v) is 1.63. The quantitative estimate of drug-likeness (QED) is 0.594. The molecule has 5 heteroatoms. The Morgan fingerprint density at radius 1 is 1.53 bits per heavy atom. The first-order chi connectivity index (χ1) is 7.22. The second-order valence-electron chi connectivity index (χ2n) is 2.84. The lowest BCUT2D eigenvalue weighted by Gasteiger charge is -1.94. The maximum Gasteiger partial charge on any atom is 0.420 e. The number of oxazole rings is 1. The number of fused-ring (bicyclic) bond motifs is 1. The van der Waals surface area contributed by atoms with Gasteiger partial charge in [0.1, 0.15) is 0 Å². The zero-order valence-corrected chi connectivity index (χ0v) is 10.4. The Hall–Kier alpha value is -0.930. The van der Waals surface area contributed by atoms with Gasteiger partial charge in [-0.2, -0.15) is 0 Å². The first kappa shape index (κ1) is 10.6. The minimum Gasteiger partial charge on any atom is -0.408 e. The Morgan fingerprint density at radius 3 is 3.07 bits per heavy atom. The highest BCUT2D eigenvalue weighted by Crippen LogP contribution is 2.17. The molecule has 0 spiro atoms. The Balaban J connectivity index is 2.66. The Morgan fingerprint density at radius 2 is 2.33 bits per heavy atom. The minimum atomic E-state index is -0.411. The fraction of sp³-hybridized carbons (Fsp3) is 0.100. The third-order valence-corrected chi connectivity index (χ3v) is 2.55. The summed E-state index contributed by atoms with van der Waals surface area (Å²) in [6.45, 7) is 0.330. The van der Waals surface area contributed by atoms with Crippen molar-refractivity contribution in [2.24, 2.45) is 0 Å². The average Bonchev–Trinajstić information content (AvgIpc) is 2.50. The van der Waals surface area contributed by atoms with Gasteiger partial charge in [-0.05, 0) is 16.1 Å². The van der Waals surface area contributed by atoms with Gasteiger partial charge in [-0.25, -0.2) is 4.79 Å². The summed E-state index contributed by atoms with van der Waals surface area (Å²) in [7, 11) is 0. The van der Waals surface area contributed by atoms with E-state index in [9.17, 15) is 4.79 Å². The van der Waals surface area contributed by atoms with E-state index in [4.69, 9.17) is 16.0 Å². The van der Waals surface area contributed by atoms with E-state index in [1.54, 1.807) is 18.2 Å². The van der Waals surface area contributed by atoms with Crippen molar-refractivity contribution in [2.45, 2.75) is 6.54 Å². The predicted molar refractivity (Wildman–Crippen MR) is 67.3 cm³/mol. The summed E-state index contributed by atoms with van der Waals surface area (Å²) in [5.41, 5.74) is 1.20. The summed E-state index contributed by atoms with van der Waals surface area (Å²) in [6.07, 6.45) is 0. The van der Waals surface area contributed by atoms with Crippen molar-refractivity contribution in [1.29, 1.82) is 0 Å². The smallest absolute Gasteiger partial charge is 0.408 e. The van der Waals surface area contributed by atoms with Crippen LogP contribution in [0.1, 0.15) is 0 Å². The summed E-state index contributed by atoms with van der Waals surface area (Å²) in [4.78, 5) is 11.4. The van der Waals surface area contributed by atoms with Crippen LogP contribution in [0.3, 0.4) is 0 Å². The number of hydrogen-bond donors (Lipinski definition) is 0. The number of hydrogen-bond acceptors (Lipinski definition) is 2. The van der Waals surface area contributed by atoms with Crippen molar-refractivity contribution in [3.8, 4) is 9.85 Å². The summed E-state index contributed by atoms with van der Waals surface area (Å²) < 4.78 is 9.20. The zero-order valence-electron chi connectivity index (χ0n) is 7.46. The van der Waals surface area contributed by atoms with Crippen molar-refractivity contribution >= 4 is 45.3 Å². The van der Waals surface area contributed by atoms with Gasteiger partial charge in [0.2, 0.25) is 0 Å². The van der Waals surface area contributed by atoms with Gasteiger partial charge in [0.15, 0.2) is 5.58 Å². The van der Waals surface area contributed by atoms with Crippen molar-refractivity contribution < 1.29 is 4.42 Å². The van der Waals surface area contributed by atoms with E-state index in [1.165, 1.54) is 4.57 Å². The molecule has 76 valence electrons. The first-order valence-electron chi connectivity index (χ1n) is 4.10. The summed E-state index contributed by atoms with van der Waals surface area (Å²) in [5, 5.41) is 0.545. The van der Waals surface area contributed by atoms with Crippen LogP contribution >= 0.6 is 34.2 Å². The number of rotatable bonds is 1. The lowest BCUT2D eigenvalue weighted by molar-refractivity contribution is 0.521. The van der Waals surface area contributed by atoms with Gasteiger partial charge in [-0.3, -0.25) is 4.57 Å². The van der Waals surface area contributed by atoms with Gasteiger partial charge in [0.05, 0.1) is 12.1 Å². The highest BCUT2D eigenvalue weighted by atomic mass is 127. The van der Waals surface area contributed by atoms with Crippen molar-refractivity contribution in [1.82, 2.24) is 4.57 Å². The topological polar surface area (TPSA) is 35.1 Å². The molecule has 0 bridgehead atoms. The molecule has 0 atom stereocenters. The van der Waals surface area contributed by atoms with Gasteiger partial charge in [-0.15, -0.1) is 0 Å². The molecule has 0 N–H and O–H groups in total. The molecule has 1 aromatic heterocycles. The fourth-order valence-electron chi connectivity index (χ4n) is 1.30. The molecular formula is C10H5ClINO2. The molecule has 0 fully saturated rings. The number of benzene rings is 1. The molecule has 0 saturated carbocycles. The standard InChI is InChI=1S/C10H5ClINO2/c11-7-2-3-8-9(6-7)15-10(14)13(8)5-1-4-12/h2-3,6H,5H2. The molecule has 15 heavy (non-hydrogen) atoms. The summed E-state index contributed by atoms with van der Waals surface area (Å²) >= 11 is 7.71. The number of halogens is 2. The second kappa shape index (κ2) is 4.29. The summed E-state index contributed by atoms with van der Waals surface area (Å²) in [5.74, 6) is 2.39. The third-order valence-electron chi connectivity index (χ3n) is 1.93. The zero-order chi connectivity index (χ0) is 10.8. The van der Waals surface area contributed by atoms with E-state index in [0.29, 0.717) is 22.7 Å². The van der Waals surface area contributed by atoms with Crippen molar-refractivity contribution in [3.05, 3.63) is 33.8 Å². The Labute approximate surface area is 104 Å². The largest absolute Gasteiger partial charge is 0.420 e. The van der Waals surface area contributed by atoms with E-state index < -0.39 is 5.76 Å². The van der Waals surface area contributed by atoms with Crippen LogP contribution in [0.2, 0.25) is 5.02 Å². The van der Waals surface area contributed by atoms with Gasteiger partial charge < -0.3 is 4.42 Å². The second-order valence-corrected chi connectivity index (χ2v) is 3.81. The first-order valence-corrected chi connectivity index (χ1v) is 5.55. The molecule has 0 saturated heterocycles. The molecule has 0 aliphatic carbocycles. The number of nitrogens with zero attached hydrogens (tertiary/aromatic N) is 1. The van der Waals surface area contributed by atoms with E-state index >= 15 is 0 Å². The Bertz CT molecular complexity index is 618. The molecule has 0 amide bonds. The monoisotopic (exact) mass is 333 g/mol. The number of aromatic nitrogens is 1. The minimum absolute atomic E-state index is 0.330. The highest BCUT2D eigenvalue weighted by molar-refractivity contribution is 14.1. The van der Waals surface area contributed by atoms with E-state index in [1.807, 2.05) is 22.6 Å². The van der Waals surface area contributed by atoms with Crippen LogP contribution in [0.4, 0.5) is 0 Å². The maximum atomic E-state index is 11.4. The predicted octanol–water partition coefficient (Wildman–Crippen LogP) is 2.64. The van der Waals surface area contributed by atoms with Crippen LogP contribution in [0.25, 0.3) is 11.1 Å². The van der Waals surface area contributed by atoms with Crippen LogP contribution in [0.5, 0.6) is 0 Å². The molecule has 1 aromatic carbocycles. The third kappa shape index (κ3) is 2.03. The normalized spacial score (nSPS) is 10.0. The Kier molecular flexibility index (Phi) is 3.03. The van der Waals surface area contributed by atoms with Crippen LogP contribution in [-0.2, 0) is 6.54 Å². The molecular weight excluding hydrogens is 328 g/mol. The van der Waals surface area contributed by atoms with Gasteiger partial charge >= 0.3 is 5.76 Å². The highest BCUT2D eigenvalue weighted by Gasteiger charge is 2.07. The molecule has 2 rings (SSSR count). The van der Waals surface area contributed by atoms with Gasteiger partial charge in [0.25, 0.3) is 0 Å². The van der Waals surface area contributed by atoms with Crippen LogP contribution in [0, 0.1) is 9.85 Å². The van der Waals surface area contributed by atoms with Gasteiger partial charge in [-0.1, -0.05) is 17.5 Å². The van der Waals surface area contributed by atoms with Crippen LogP contribution in [-0.4, -0.2) is 4.57 Å². The van der Waals surface area contributed by atoms with Gasteiger partial charge in [0, 0.05) is 33.7 Å². The lowest BCUT2D eigenvalue weighted by atomic mass is 10.3.